The van der Waals surface area contributed by atoms with Crippen LogP contribution in [0.1, 0.15) is 34.6 Å². The third-order valence-corrected chi connectivity index (χ3v) is 2.53. The van der Waals surface area contributed by atoms with Crippen LogP contribution in [0.2, 0.25) is 0 Å². The minimum absolute atomic E-state index is 0.0169. The van der Waals surface area contributed by atoms with Crippen molar-refractivity contribution in [2.75, 3.05) is 13.1 Å². The predicted molar refractivity (Wildman–Crippen MR) is 73.5 cm³/mol. The third-order valence-electron chi connectivity index (χ3n) is 2.23. The molecule has 0 bridgehead atoms. The van der Waals surface area contributed by atoms with Crippen LogP contribution in [0.5, 0.6) is 0 Å². The van der Waals surface area contributed by atoms with Gasteiger partial charge in [0.15, 0.2) is 6.29 Å². The number of halogens is 1. The van der Waals surface area contributed by atoms with Crippen LogP contribution in [-0.4, -0.2) is 41.1 Å². The van der Waals surface area contributed by atoms with Gasteiger partial charge in [-0.3, -0.25) is 10.3 Å². The molecule has 0 radical (unpaired) electrons. The highest BCUT2D eigenvalue weighted by molar-refractivity contribution is 6.65. The first-order chi connectivity index (χ1) is 7.87. The molecule has 0 amide bonds. The third kappa shape index (κ3) is 4.16. The Balaban J connectivity index is 2.88. The number of hydrogen-bond acceptors (Lipinski definition) is 3. The number of rotatable bonds is 3. The Kier molecular flexibility index (Phi) is 4.77. The van der Waals surface area contributed by atoms with Gasteiger partial charge in [0, 0.05) is 18.6 Å². The zero-order valence-corrected chi connectivity index (χ0v) is 12.0. The van der Waals surface area contributed by atoms with E-state index in [1.165, 1.54) is 0 Å². The second kappa shape index (κ2) is 5.69. The largest absolute Gasteiger partial charge is 0.322 e. The van der Waals surface area contributed by atoms with Gasteiger partial charge in [0.25, 0.3) is 0 Å². The van der Waals surface area contributed by atoms with Crippen molar-refractivity contribution in [2.24, 2.45) is 9.98 Å². The number of hydrogen-bond donors (Lipinski definition) is 2. The van der Waals surface area contributed by atoms with Crippen molar-refractivity contribution in [3.8, 4) is 0 Å². The van der Waals surface area contributed by atoms with E-state index < -0.39 is 0 Å². The molecule has 0 fully saturated rings. The van der Waals surface area contributed by atoms with Crippen LogP contribution in [0, 0.1) is 0 Å². The molecular weight excluding hydrogens is 238 g/mol. The van der Waals surface area contributed by atoms with Crippen molar-refractivity contribution in [3.05, 3.63) is 0 Å². The molecular formula is C11H22ClN5. The number of nitrogens with zero attached hydrogens (tertiary/aromatic N) is 3. The van der Waals surface area contributed by atoms with Crippen molar-refractivity contribution >= 4 is 22.9 Å². The highest BCUT2D eigenvalue weighted by Gasteiger charge is 2.28. The lowest BCUT2D eigenvalue weighted by Gasteiger charge is -2.39. The molecule has 17 heavy (non-hydrogen) atoms. The van der Waals surface area contributed by atoms with Crippen LogP contribution < -0.4 is 10.6 Å². The molecule has 0 aliphatic carbocycles. The lowest BCUT2D eigenvalue weighted by molar-refractivity contribution is 0.202. The van der Waals surface area contributed by atoms with Crippen LogP contribution in [0.4, 0.5) is 0 Å². The normalized spacial score (nSPS) is 23.6. The van der Waals surface area contributed by atoms with Crippen molar-refractivity contribution in [1.82, 2.24) is 15.5 Å². The second-order valence-electron chi connectivity index (χ2n) is 4.91. The summed E-state index contributed by atoms with van der Waals surface area (Å²) in [7, 11) is 0. The van der Waals surface area contributed by atoms with Gasteiger partial charge in [-0.25, -0.2) is 0 Å². The molecule has 1 aliphatic rings. The Bertz CT molecular complexity index is 318. The van der Waals surface area contributed by atoms with Gasteiger partial charge in [-0.2, -0.15) is 4.99 Å². The van der Waals surface area contributed by atoms with Crippen molar-refractivity contribution < 1.29 is 0 Å². The van der Waals surface area contributed by atoms with Crippen molar-refractivity contribution in [3.63, 3.8) is 0 Å². The fourth-order valence-corrected chi connectivity index (χ4v) is 1.86. The Labute approximate surface area is 108 Å². The summed E-state index contributed by atoms with van der Waals surface area (Å²) in [5.74, 6) is 0.587. The molecule has 0 aromatic rings. The SMILES string of the molecule is CCN=C1N=C(Cl)N(CC)C(NC(C)(C)C)N1. The van der Waals surface area contributed by atoms with E-state index in [2.05, 4.69) is 41.4 Å². The monoisotopic (exact) mass is 259 g/mol. The highest BCUT2D eigenvalue weighted by Crippen LogP contribution is 2.10. The number of aliphatic imine (C=N–C) groups is 2. The molecule has 1 unspecified atom stereocenters. The lowest BCUT2D eigenvalue weighted by atomic mass is 10.1. The molecule has 5 nitrogen and oxygen atoms in total. The zero-order chi connectivity index (χ0) is 13.1. The summed E-state index contributed by atoms with van der Waals surface area (Å²) in [6.45, 7) is 11.8. The van der Waals surface area contributed by atoms with Crippen LogP contribution >= 0.6 is 11.6 Å². The smallest absolute Gasteiger partial charge is 0.223 e. The van der Waals surface area contributed by atoms with Gasteiger partial charge in [0.1, 0.15) is 0 Å². The van der Waals surface area contributed by atoms with Gasteiger partial charge in [0.05, 0.1) is 0 Å². The molecule has 1 aliphatic heterocycles. The summed E-state index contributed by atoms with van der Waals surface area (Å²) in [6, 6.07) is 0. The Hall–Kier alpha value is -0.810. The Morgan fingerprint density at radius 1 is 1.47 bits per heavy atom. The van der Waals surface area contributed by atoms with Gasteiger partial charge < -0.3 is 10.2 Å². The number of nitrogens with one attached hydrogen (secondary N) is 2. The first-order valence-electron chi connectivity index (χ1n) is 5.97. The maximum absolute atomic E-state index is 6.15. The minimum atomic E-state index is -0.0738. The summed E-state index contributed by atoms with van der Waals surface area (Å²) >= 11 is 6.15. The summed E-state index contributed by atoms with van der Waals surface area (Å²) in [4.78, 5) is 10.4. The summed E-state index contributed by atoms with van der Waals surface area (Å²) in [6.07, 6.45) is -0.0738. The van der Waals surface area contributed by atoms with Gasteiger partial charge >= 0.3 is 0 Å². The Morgan fingerprint density at radius 2 is 2.12 bits per heavy atom. The summed E-state index contributed by atoms with van der Waals surface area (Å²) in [5.41, 5.74) is -0.0169. The van der Waals surface area contributed by atoms with E-state index in [0.29, 0.717) is 17.8 Å². The zero-order valence-electron chi connectivity index (χ0n) is 11.2. The lowest BCUT2D eigenvalue weighted by Crippen LogP contribution is -2.64. The van der Waals surface area contributed by atoms with Crippen molar-refractivity contribution in [2.45, 2.75) is 46.4 Å². The maximum Gasteiger partial charge on any atom is 0.223 e. The molecule has 0 aromatic carbocycles. The summed E-state index contributed by atoms with van der Waals surface area (Å²) in [5, 5.41) is 7.15. The molecule has 0 spiro atoms. The molecule has 1 atom stereocenters. The molecule has 1 heterocycles. The van der Waals surface area contributed by atoms with E-state index in [9.17, 15) is 0 Å². The predicted octanol–water partition coefficient (Wildman–Crippen LogP) is 1.55. The molecule has 6 heteroatoms. The van der Waals surface area contributed by atoms with Crippen LogP contribution in [0.25, 0.3) is 0 Å². The van der Waals surface area contributed by atoms with Gasteiger partial charge in [-0.05, 0) is 46.2 Å². The average molecular weight is 260 g/mol. The van der Waals surface area contributed by atoms with E-state index in [1.807, 2.05) is 18.7 Å². The molecule has 0 saturated carbocycles. The molecule has 2 N–H and O–H groups in total. The molecule has 1 rings (SSSR count). The molecule has 0 saturated heterocycles. The van der Waals surface area contributed by atoms with Crippen LogP contribution in [0.15, 0.2) is 9.98 Å². The van der Waals surface area contributed by atoms with Crippen LogP contribution in [-0.2, 0) is 0 Å². The van der Waals surface area contributed by atoms with Gasteiger partial charge in [-0.15, -0.1) is 0 Å². The van der Waals surface area contributed by atoms with E-state index in [0.717, 1.165) is 6.54 Å². The van der Waals surface area contributed by atoms with E-state index in [4.69, 9.17) is 11.6 Å². The van der Waals surface area contributed by atoms with E-state index >= 15 is 0 Å². The van der Waals surface area contributed by atoms with Crippen LogP contribution in [0.3, 0.4) is 0 Å². The fourth-order valence-electron chi connectivity index (χ4n) is 1.56. The first kappa shape index (κ1) is 14.3. The van der Waals surface area contributed by atoms with E-state index in [1.54, 1.807) is 0 Å². The van der Waals surface area contributed by atoms with E-state index in [-0.39, 0.29) is 11.8 Å². The average Bonchev–Trinajstić information content (AvgIpc) is 2.15. The highest BCUT2D eigenvalue weighted by atomic mass is 35.5. The standard InChI is InChI=1S/C11H22ClN5/c1-6-13-9-14-8(12)17(7-2)10(15-9)16-11(3,4)5/h10,16H,6-7H2,1-5H3,(H,13,15). The summed E-state index contributed by atoms with van der Waals surface area (Å²) < 4.78 is 0. The number of amidine groups is 1. The Morgan fingerprint density at radius 3 is 2.59 bits per heavy atom. The quantitative estimate of drug-likeness (QED) is 0.757. The topological polar surface area (TPSA) is 52.0 Å². The minimum Gasteiger partial charge on any atom is -0.322 e. The molecule has 98 valence electrons. The second-order valence-corrected chi connectivity index (χ2v) is 5.24. The van der Waals surface area contributed by atoms with Gasteiger partial charge in [0.2, 0.25) is 11.3 Å². The van der Waals surface area contributed by atoms with Crippen molar-refractivity contribution in [1.29, 1.82) is 0 Å². The number of guanidine groups is 1. The first-order valence-corrected chi connectivity index (χ1v) is 6.34. The van der Waals surface area contributed by atoms with Gasteiger partial charge in [-0.1, -0.05) is 0 Å². The fraction of sp³-hybridized carbons (Fsp3) is 0.818. The molecule has 0 aromatic heterocycles. The maximum atomic E-state index is 6.15.